The molecule has 0 bridgehead atoms. The lowest BCUT2D eigenvalue weighted by Crippen LogP contribution is -2.20. The first kappa shape index (κ1) is 18.5. The Morgan fingerprint density at radius 1 is 1.26 bits per heavy atom. The Labute approximate surface area is 158 Å². The van der Waals surface area contributed by atoms with Crippen LogP contribution in [0.5, 0.6) is 5.75 Å². The molecule has 0 aliphatic carbocycles. The summed E-state index contributed by atoms with van der Waals surface area (Å²) in [5.74, 6) is 2.09. The second kappa shape index (κ2) is 7.95. The topological polar surface area (TPSA) is 69.3 Å². The molecule has 0 radical (unpaired) electrons. The number of benzene rings is 1. The van der Waals surface area contributed by atoms with Crippen molar-refractivity contribution < 1.29 is 14.1 Å². The Kier molecular flexibility index (Phi) is 5.45. The van der Waals surface area contributed by atoms with E-state index in [1.807, 2.05) is 67.8 Å². The zero-order chi connectivity index (χ0) is 19.4. The molecule has 0 saturated heterocycles. The largest absolute Gasteiger partial charge is 0.496 e. The maximum Gasteiger partial charge on any atom is 0.244 e. The van der Waals surface area contributed by atoms with Crippen molar-refractivity contribution in [2.75, 3.05) is 7.11 Å². The van der Waals surface area contributed by atoms with Gasteiger partial charge in [0, 0.05) is 35.6 Å². The van der Waals surface area contributed by atoms with E-state index in [-0.39, 0.29) is 5.91 Å². The molecule has 0 aliphatic rings. The molecule has 6 heteroatoms. The van der Waals surface area contributed by atoms with Crippen molar-refractivity contribution >= 4 is 12.0 Å². The second-order valence-corrected chi connectivity index (χ2v) is 6.32. The smallest absolute Gasteiger partial charge is 0.244 e. The first-order valence-electron chi connectivity index (χ1n) is 8.70. The molecule has 1 N–H and O–H groups in total. The average molecular weight is 365 g/mol. The van der Waals surface area contributed by atoms with Gasteiger partial charge in [0.05, 0.1) is 7.11 Å². The van der Waals surface area contributed by atoms with Crippen molar-refractivity contribution in [1.82, 2.24) is 15.0 Å². The fourth-order valence-electron chi connectivity index (χ4n) is 3.02. The fraction of sp³-hybridized carbons (Fsp3) is 0.238. The first-order chi connectivity index (χ1) is 13.0. The van der Waals surface area contributed by atoms with Crippen LogP contribution in [0.3, 0.4) is 0 Å². The number of hydrogen-bond acceptors (Lipinski definition) is 4. The van der Waals surface area contributed by atoms with Gasteiger partial charge in [0.1, 0.15) is 11.5 Å². The van der Waals surface area contributed by atoms with E-state index >= 15 is 0 Å². The lowest BCUT2D eigenvalue weighted by atomic mass is 10.2. The van der Waals surface area contributed by atoms with Gasteiger partial charge < -0.3 is 14.6 Å². The highest BCUT2D eigenvalue weighted by molar-refractivity contribution is 5.91. The van der Waals surface area contributed by atoms with E-state index in [9.17, 15) is 4.79 Å². The van der Waals surface area contributed by atoms with Crippen LogP contribution in [0.4, 0.5) is 0 Å². The third-order valence-electron chi connectivity index (χ3n) is 4.37. The number of ether oxygens (including phenoxy) is 1. The minimum Gasteiger partial charge on any atom is -0.496 e. The number of para-hydroxylation sites is 1. The summed E-state index contributed by atoms with van der Waals surface area (Å²) in [6.07, 6.45) is 3.35. The van der Waals surface area contributed by atoms with Gasteiger partial charge in [-0.3, -0.25) is 9.36 Å². The summed E-state index contributed by atoms with van der Waals surface area (Å²) in [5.41, 5.74) is 3.91. The van der Waals surface area contributed by atoms with Crippen LogP contribution in [-0.4, -0.2) is 22.7 Å². The van der Waals surface area contributed by atoms with E-state index in [1.165, 1.54) is 6.08 Å². The molecule has 0 atom stereocenters. The summed E-state index contributed by atoms with van der Waals surface area (Å²) in [7, 11) is 1.62. The lowest BCUT2D eigenvalue weighted by molar-refractivity contribution is -0.116. The number of amides is 1. The number of aryl methyl sites for hydroxylation is 2. The zero-order valence-electron chi connectivity index (χ0n) is 15.9. The van der Waals surface area contributed by atoms with Gasteiger partial charge in [-0.25, -0.2) is 0 Å². The standard InChI is InChI=1S/C21H23N3O3/c1-14-11-17(16(3)24(14)20-12-15(2)27-23-20)9-10-21(25)22-13-18-7-5-6-8-19(18)26-4/h5-12H,13H2,1-4H3,(H,22,25)/b10-9+. The van der Waals surface area contributed by atoms with E-state index in [4.69, 9.17) is 9.26 Å². The zero-order valence-corrected chi connectivity index (χ0v) is 15.9. The number of nitrogens with one attached hydrogen (secondary N) is 1. The number of rotatable bonds is 6. The normalized spacial score (nSPS) is 11.1. The number of methoxy groups -OCH3 is 1. The maximum absolute atomic E-state index is 12.2. The third kappa shape index (κ3) is 4.11. The molecule has 0 aliphatic heterocycles. The second-order valence-electron chi connectivity index (χ2n) is 6.32. The van der Waals surface area contributed by atoms with Crippen LogP contribution in [0.15, 0.2) is 47.0 Å². The molecule has 6 nitrogen and oxygen atoms in total. The van der Waals surface area contributed by atoms with Crippen LogP contribution in [0.25, 0.3) is 11.9 Å². The fourth-order valence-corrected chi connectivity index (χ4v) is 3.02. The predicted octanol–water partition coefficient (Wildman–Crippen LogP) is 3.73. The minimum absolute atomic E-state index is 0.164. The van der Waals surface area contributed by atoms with Gasteiger partial charge in [0.15, 0.2) is 5.82 Å². The van der Waals surface area contributed by atoms with Crippen LogP contribution < -0.4 is 10.1 Å². The molecule has 0 spiro atoms. The Morgan fingerprint density at radius 3 is 2.74 bits per heavy atom. The molecule has 1 amide bonds. The van der Waals surface area contributed by atoms with Crippen molar-refractivity contribution in [2.45, 2.75) is 27.3 Å². The number of hydrogen-bond donors (Lipinski definition) is 1. The van der Waals surface area contributed by atoms with Gasteiger partial charge >= 0.3 is 0 Å². The van der Waals surface area contributed by atoms with Crippen LogP contribution in [-0.2, 0) is 11.3 Å². The molecule has 3 aromatic rings. The van der Waals surface area contributed by atoms with Gasteiger partial charge in [0.2, 0.25) is 5.91 Å². The van der Waals surface area contributed by atoms with Gasteiger partial charge in [-0.2, -0.15) is 0 Å². The highest BCUT2D eigenvalue weighted by atomic mass is 16.5. The molecular formula is C21H23N3O3. The Balaban J connectivity index is 1.70. The summed E-state index contributed by atoms with van der Waals surface area (Å²) < 4.78 is 12.5. The average Bonchev–Trinajstić information content (AvgIpc) is 3.20. The van der Waals surface area contributed by atoms with Gasteiger partial charge in [-0.15, -0.1) is 0 Å². The molecule has 2 aromatic heterocycles. The Morgan fingerprint density at radius 2 is 2.04 bits per heavy atom. The number of nitrogens with zero attached hydrogens (tertiary/aromatic N) is 2. The lowest BCUT2D eigenvalue weighted by Gasteiger charge is -2.08. The maximum atomic E-state index is 12.2. The van der Waals surface area contributed by atoms with Crippen molar-refractivity contribution in [3.05, 3.63) is 70.7 Å². The molecule has 1 aromatic carbocycles. The van der Waals surface area contributed by atoms with E-state index in [0.717, 1.165) is 39.8 Å². The highest BCUT2D eigenvalue weighted by Gasteiger charge is 2.12. The van der Waals surface area contributed by atoms with Crippen molar-refractivity contribution in [3.63, 3.8) is 0 Å². The van der Waals surface area contributed by atoms with E-state index in [1.54, 1.807) is 7.11 Å². The van der Waals surface area contributed by atoms with E-state index in [2.05, 4.69) is 10.5 Å². The van der Waals surface area contributed by atoms with Crippen molar-refractivity contribution in [1.29, 1.82) is 0 Å². The third-order valence-corrected chi connectivity index (χ3v) is 4.37. The summed E-state index contributed by atoms with van der Waals surface area (Å²) in [6.45, 7) is 6.25. The Bertz CT molecular complexity index is 982. The van der Waals surface area contributed by atoms with Gasteiger partial charge in [0.25, 0.3) is 0 Å². The highest BCUT2D eigenvalue weighted by Crippen LogP contribution is 2.21. The van der Waals surface area contributed by atoms with Crippen LogP contribution >= 0.6 is 0 Å². The Hall–Kier alpha value is -3.28. The monoisotopic (exact) mass is 365 g/mol. The summed E-state index contributed by atoms with van der Waals surface area (Å²) >= 11 is 0. The number of carbonyl (C=O) groups is 1. The van der Waals surface area contributed by atoms with Crippen LogP contribution in [0.2, 0.25) is 0 Å². The number of aromatic nitrogens is 2. The van der Waals surface area contributed by atoms with Crippen LogP contribution in [0, 0.1) is 20.8 Å². The van der Waals surface area contributed by atoms with Crippen molar-refractivity contribution in [3.8, 4) is 11.6 Å². The quantitative estimate of drug-likeness (QED) is 0.676. The predicted molar refractivity (Wildman–Crippen MR) is 104 cm³/mol. The molecule has 0 unspecified atom stereocenters. The van der Waals surface area contributed by atoms with Gasteiger partial charge in [-0.1, -0.05) is 23.4 Å². The summed E-state index contributed by atoms with van der Waals surface area (Å²) in [4.78, 5) is 12.2. The summed E-state index contributed by atoms with van der Waals surface area (Å²) in [6, 6.07) is 11.5. The van der Waals surface area contributed by atoms with Crippen LogP contribution in [0.1, 0.15) is 28.3 Å². The van der Waals surface area contributed by atoms with E-state index in [0.29, 0.717) is 6.54 Å². The molecule has 3 rings (SSSR count). The summed E-state index contributed by atoms with van der Waals surface area (Å²) in [5, 5.41) is 6.95. The molecule has 140 valence electrons. The van der Waals surface area contributed by atoms with E-state index < -0.39 is 0 Å². The minimum atomic E-state index is -0.164. The van der Waals surface area contributed by atoms with Crippen molar-refractivity contribution in [2.24, 2.45) is 0 Å². The SMILES string of the molecule is COc1ccccc1CNC(=O)/C=C/c1cc(C)n(-c2cc(C)on2)c1C. The van der Waals surface area contributed by atoms with Gasteiger partial charge in [-0.05, 0) is 44.5 Å². The molecule has 2 heterocycles. The number of carbonyl (C=O) groups excluding carboxylic acids is 1. The molecule has 0 saturated carbocycles. The first-order valence-corrected chi connectivity index (χ1v) is 8.70. The molecule has 0 fully saturated rings. The molecular weight excluding hydrogens is 342 g/mol. The molecule has 27 heavy (non-hydrogen) atoms.